The highest BCUT2D eigenvalue weighted by Gasteiger charge is 2.39. The normalized spacial score (nSPS) is 17.3. The van der Waals surface area contributed by atoms with Gasteiger partial charge in [0, 0.05) is 39.1 Å². The molecule has 3 aliphatic rings. The van der Waals surface area contributed by atoms with Crippen molar-refractivity contribution in [3.05, 3.63) is 145 Å². The minimum atomic E-state index is 0.218. The third kappa shape index (κ3) is 5.26. The minimum absolute atomic E-state index is 0.218. The molecule has 0 fully saturated rings. The Bertz CT molecular complexity index is 2880. The second-order valence-corrected chi connectivity index (χ2v) is 15.8. The van der Waals surface area contributed by atoms with Crippen LogP contribution in [0, 0.1) is 5.92 Å². The second kappa shape index (κ2) is 13.3. The van der Waals surface area contributed by atoms with Gasteiger partial charge in [0.25, 0.3) is 0 Å². The number of hydrogen-bond donors (Lipinski definition) is 0. The van der Waals surface area contributed by atoms with Crippen LogP contribution >= 0.6 is 0 Å². The van der Waals surface area contributed by atoms with E-state index < -0.39 is 0 Å². The van der Waals surface area contributed by atoms with E-state index in [2.05, 4.69) is 165 Å². The molecule has 0 saturated heterocycles. The molecule has 56 heavy (non-hydrogen) atoms. The van der Waals surface area contributed by atoms with E-state index in [0.717, 1.165) is 35.0 Å². The van der Waals surface area contributed by atoms with Crippen LogP contribution in [-0.4, -0.2) is 58.8 Å². The van der Waals surface area contributed by atoms with Gasteiger partial charge in [-0.1, -0.05) is 127 Å². The highest BCUT2D eigenvalue weighted by molar-refractivity contribution is 6.68. The molecule has 7 aromatic rings. The van der Waals surface area contributed by atoms with Crippen LogP contribution in [0.5, 0.6) is 0 Å². The van der Waals surface area contributed by atoms with Crippen LogP contribution in [0.4, 0.5) is 11.4 Å². The van der Waals surface area contributed by atoms with Gasteiger partial charge in [0.1, 0.15) is 39.2 Å². The SMILES string of the molecule is Bc1c(B)c(B)c(-c2ccccc2N2C3=CC=CCC3c3ccc4c5ccccc5n(-c5nc(C6=CCC(C)C=C6)nc(-c6ccccc6)n5)c4c32)c(B)c1B. The zero-order chi connectivity index (χ0) is 38.2. The molecule has 2 unspecified atom stereocenters. The Kier molecular flexibility index (Phi) is 8.21. The van der Waals surface area contributed by atoms with Crippen LogP contribution in [-0.2, 0) is 0 Å². The number of anilines is 2. The van der Waals surface area contributed by atoms with Gasteiger partial charge in [-0.2, -0.15) is 9.97 Å². The molecule has 0 N–H and O–H groups in total. The molecular formula is C46H40B5N5. The number of aromatic nitrogens is 4. The Morgan fingerprint density at radius 3 is 2.18 bits per heavy atom. The summed E-state index contributed by atoms with van der Waals surface area (Å²) in [6.07, 6.45) is 15.5. The summed E-state index contributed by atoms with van der Waals surface area (Å²) in [6, 6.07) is 32.7. The van der Waals surface area contributed by atoms with Crippen molar-refractivity contribution >= 4 is 105 Å². The molecule has 5 nitrogen and oxygen atoms in total. The van der Waals surface area contributed by atoms with Gasteiger partial charge in [0.15, 0.2) is 11.6 Å². The molecule has 0 saturated carbocycles. The largest absolute Gasteiger partial charge is 0.311 e. The predicted molar refractivity (Wildman–Crippen MR) is 250 cm³/mol. The number of nitrogens with zero attached hydrogens (tertiary/aromatic N) is 5. The van der Waals surface area contributed by atoms with Crippen LogP contribution in [0.1, 0.15) is 37.1 Å². The Morgan fingerprint density at radius 1 is 0.679 bits per heavy atom. The average molecular weight is 717 g/mol. The fourth-order valence-corrected chi connectivity index (χ4v) is 9.29. The standard InChI is InChI=1S/C46H40B5N5/c1-25-19-21-27(22-20-25)45-52-44(26-11-3-2-4-12-26)53-46(54-45)56-34-17-9-6-14-29(34)31-24-23-30-28-13-5-8-16-33(28)55(42(30)43(31)56)35-18-10-7-15-32(35)36-37(47)39(49)41(51)40(50)38(36)48/h2-12,14-19,21-25,28H,13,20,47-51H2,1H3. The first-order valence-corrected chi connectivity index (χ1v) is 19.9. The zero-order valence-corrected chi connectivity index (χ0v) is 32.9. The summed E-state index contributed by atoms with van der Waals surface area (Å²) in [7, 11) is 11.4. The van der Waals surface area contributed by atoms with Crippen LogP contribution in [0.3, 0.4) is 0 Å². The summed E-state index contributed by atoms with van der Waals surface area (Å²) in [5.41, 5.74) is 18.5. The molecule has 0 bridgehead atoms. The lowest BCUT2D eigenvalue weighted by molar-refractivity contribution is 0.738. The molecule has 0 spiro atoms. The molecular weight excluding hydrogens is 677 g/mol. The topological polar surface area (TPSA) is 46.8 Å². The molecule has 2 aliphatic carbocycles. The van der Waals surface area contributed by atoms with E-state index in [1.807, 2.05) is 18.2 Å². The smallest absolute Gasteiger partial charge is 0.238 e. The Morgan fingerprint density at radius 2 is 1.39 bits per heavy atom. The summed E-state index contributed by atoms with van der Waals surface area (Å²) in [5.74, 6) is 2.67. The molecule has 2 atom stereocenters. The predicted octanol–water partition coefficient (Wildman–Crippen LogP) is 2.65. The van der Waals surface area contributed by atoms with Gasteiger partial charge in [-0.3, -0.25) is 4.57 Å². The highest BCUT2D eigenvalue weighted by Crippen LogP contribution is 2.56. The van der Waals surface area contributed by atoms with Gasteiger partial charge in [0.05, 0.1) is 22.4 Å². The zero-order valence-electron chi connectivity index (χ0n) is 32.9. The van der Waals surface area contributed by atoms with Gasteiger partial charge < -0.3 is 4.90 Å². The monoisotopic (exact) mass is 717 g/mol. The summed E-state index contributed by atoms with van der Waals surface area (Å²) in [4.78, 5) is 18.4. The maximum Gasteiger partial charge on any atom is 0.238 e. The fraction of sp³-hybridized carbons (Fsp3) is 0.109. The number of para-hydroxylation sites is 2. The van der Waals surface area contributed by atoms with Gasteiger partial charge in [-0.15, -0.1) is 16.4 Å². The van der Waals surface area contributed by atoms with Crippen molar-refractivity contribution < 1.29 is 0 Å². The summed E-state index contributed by atoms with van der Waals surface area (Å²) in [6.45, 7) is 2.24. The fourth-order valence-electron chi connectivity index (χ4n) is 9.29. The van der Waals surface area contributed by atoms with Crippen LogP contribution in [0.2, 0.25) is 0 Å². The van der Waals surface area contributed by atoms with Crippen molar-refractivity contribution in [2.45, 2.75) is 25.7 Å². The van der Waals surface area contributed by atoms with Gasteiger partial charge in [-0.25, -0.2) is 4.98 Å². The average Bonchev–Trinajstić information content (AvgIpc) is 3.76. The Labute approximate surface area is 333 Å². The van der Waals surface area contributed by atoms with Crippen molar-refractivity contribution in [2.75, 3.05) is 4.90 Å². The number of allylic oxidation sites excluding steroid dienone is 8. The van der Waals surface area contributed by atoms with E-state index in [1.54, 1.807) is 0 Å². The second-order valence-electron chi connectivity index (χ2n) is 15.8. The molecule has 2 aromatic heterocycles. The first-order valence-electron chi connectivity index (χ1n) is 19.9. The van der Waals surface area contributed by atoms with Crippen LogP contribution in [0.15, 0.2) is 133 Å². The quantitative estimate of drug-likeness (QED) is 0.258. The van der Waals surface area contributed by atoms with Gasteiger partial charge >= 0.3 is 0 Å². The Balaban J connectivity index is 1.30. The van der Waals surface area contributed by atoms with E-state index in [0.29, 0.717) is 23.5 Å². The summed E-state index contributed by atoms with van der Waals surface area (Å²) in [5, 5.41) is 2.35. The molecule has 0 radical (unpaired) electrons. The van der Waals surface area contributed by atoms with Gasteiger partial charge in [0.2, 0.25) is 5.95 Å². The van der Waals surface area contributed by atoms with Crippen LogP contribution in [0.25, 0.3) is 55.8 Å². The van der Waals surface area contributed by atoms with Crippen molar-refractivity contribution in [1.82, 2.24) is 19.5 Å². The number of hydrogen-bond acceptors (Lipinski definition) is 4. The van der Waals surface area contributed by atoms with E-state index in [4.69, 9.17) is 15.0 Å². The lowest BCUT2D eigenvalue weighted by Crippen LogP contribution is -2.55. The van der Waals surface area contributed by atoms with E-state index in [9.17, 15) is 0 Å². The Hall–Kier alpha value is -6.01. The first-order chi connectivity index (χ1) is 27.3. The van der Waals surface area contributed by atoms with Crippen molar-refractivity contribution in [3.8, 4) is 28.5 Å². The van der Waals surface area contributed by atoms with E-state index in [-0.39, 0.29) is 5.92 Å². The van der Waals surface area contributed by atoms with Crippen molar-refractivity contribution in [1.29, 1.82) is 0 Å². The highest BCUT2D eigenvalue weighted by atomic mass is 15.2. The maximum absolute atomic E-state index is 5.36. The molecule has 264 valence electrons. The summed E-state index contributed by atoms with van der Waals surface area (Å²) < 4.78 is 2.31. The number of fused-ring (bicyclic) bond motifs is 7. The third-order valence-corrected chi connectivity index (χ3v) is 12.7. The van der Waals surface area contributed by atoms with E-state index in [1.165, 1.54) is 71.8 Å². The van der Waals surface area contributed by atoms with E-state index >= 15 is 0 Å². The molecule has 10 heteroatoms. The number of benzene rings is 5. The van der Waals surface area contributed by atoms with Crippen molar-refractivity contribution in [3.63, 3.8) is 0 Å². The van der Waals surface area contributed by atoms with Gasteiger partial charge in [-0.05, 0) is 48.1 Å². The third-order valence-electron chi connectivity index (χ3n) is 12.7. The molecule has 1 aliphatic heterocycles. The lowest BCUT2D eigenvalue weighted by Gasteiger charge is -2.29. The lowest BCUT2D eigenvalue weighted by atomic mass is 9.59. The summed E-state index contributed by atoms with van der Waals surface area (Å²) >= 11 is 0. The first kappa shape index (κ1) is 34.5. The number of rotatable bonds is 5. The maximum atomic E-state index is 5.36. The van der Waals surface area contributed by atoms with Crippen molar-refractivity contribution in [2.24, 2.45) is 5.92 Å². The molecule has 10 rings (SSSR count). The molecule has 0 amide bonds. The molecule has 5 aromatic carbocycles. The molecule has 3 heterocycles. The van der Waals surface area contributed by atoms with Crippen LogP contribution < -0.4 is 32.2 Å². The minimum Gasteiger partial charge on any atom is -0.311 e.